The van der Waals surface area contributed by atoms with Gasteiger partial charge in [0.15, 0.2) is 4.96 Å². The molecule has 2 atom stereocenters. The van der Waals surface area contributed by atoms with Gasteiger partial charge in [-0.05, 0) is 23.8 Å². The van der Waals surface area contributed by atoms with Gasteiger partial charge < -0.3 is 4.90 Å². The molecule has 1 aromatic carbocycles. The zero-order valence-electron chi connectivity index (χ0n) is 20.0. The summed E-state index contributed by atoms with van der Waals surface area (Å²) < 4.78 is 1.70. The maximum atomic E-state index is 12.9. The fourth-order valence-electron chi connectivity index (χ4n) is 5.35. The standard InChI is InChI=1S/C26H33N5O2S/c1-19-12-20(2)15-30(14-19)25(33)17-29-10-8-28(9-11-29)16-22-13-24(32)31-23(18-34-26(31)27-22)21-6-4-3-5-7-21/h3-7,13,18-20H,8-12,14-17H2,1-2H3. The van der Waals surface area contributed by atoms with Gasteiger partial charge in [-0.3, -0.25) is 23.8 Å². The highest BCUT2D eigenvalue weighted by atomic mass is 32.1. The topological polar surface area (TPSA) is 61.2 Å². The van der Waals surface area contributed by atoms with Gasteiger partial charge >= 0.3 is 0 Å². The minimum absolute atomic E-state index is 0.0330. The summed E-state index contributed by atoms with van der Waals surface area (Å²) in [5.74, 6) is 1.44. The molecule has 1 amide bonds. The van der Waals surface area contributed by atoms with E-state index >= 15 is 0 Å². The predicted molar refractivity (Wildman–Crippen MR) is 136 cm³/mol. The fourth-order valence-corrected chi connectivity index (χ4v) is 6.27. The Hall–Kier alpha value is -2.55. The molecule has 8 heteroatoms. The van der Waals surface area contributed by atoms with Gasteiger partial charge in [0.05, 0.1) is 17.9 Å². The number of likely N-dealkylation sites (tertiary alicyclic amines) is 1. The lowest BCUT2D eigenvalue weighted by molar-refractivity contribution is -0.135. The third kappa shape index (κ3) is 5.09. The van der Waals surface area contributed by atoms with E-state index in [1.165, 1.54) is 17.8 Å². The Labute approximate surface area is 204 Å². The van der Waals surface area contributed by atoms with Crippen LogP contribution in [0, 0.1) is 11.8 Å². The van der Waals surface area contributed by atoms with Gasteiger partial charge in [0.2, 0.25) is 5.91 Å². The fraction of sp³-hybridized carbons (Fsp3) is 0.500. The number of piperidine rings is 1. The Kier molecular flexibility index (Phi) is 6.81. The molecule has 5 rings (SSSR count). The van der Waals surface area contributed by atoms with E-state index < -0.39 is 0 Å². The molecule has 7 nitrogen and oxygen atoms in total. The van der Waals surface area contributed by atoms with Crippen molar-refractivity contribution in [3.8, 4) is 11.3 Å². The first-order valence-electron chi connectivity index (χ1n) is 12.2. The van der Waals surface area contributed by atoms with E-state index in [-0.39, 0.29) is 11.5 Å². The number of hydrogen-bond donors (Lipinski definition) is 0. The minimum Gasteiger partial charge on any atom is -0.341 e. The van der Waals surface area contributed by atoms with Crippen LogP contribution in [0.15, 0.2) is 46.6 Å². The smallest absolute Gasteiger partial charge is 0.259 e. The van der Waals surface area contributed by atoms with Crippen molar-refractivity contribution in [2.75, 3.05) is 45.8 Å². The summed E-state index contributed by atoms with van der Waals surface area (Å²) in [5.41, 5.74) is 2.69. The molecule has 4 heterocycles. The Bertz CT molecular complexity index is 1190. The third-order valence-electron chi connectivity index (χ3n) is 6.96. The number of nitrogens with zero attached hydrogens (tertiary/aromatic N) is 5. The Balaban J connectivity index is 1.18. The molecule has 0 saturated carbocycles. The first-order valence-corrected chi connectivity index (χ1v) is 13.1. The van der Waals surface area contributed by atoms with Crippen LogP contribution >= 0.6 is 11.3 Å². The van der Waals surface area contributed by atoms with E-state index in [1.807, 2.05) is 35.7 Å². The Morgan fingerprint density at radius 1 is 1.03 bits per heavy atom. The van der Waals surface area contributed by atoms with Gasteiger partial charge in [0, 0.05) is 57.3 Å². The van der Waals surface area contributed by atoms with Crippen LogP contribution in [-0.2, 0) is 11.3 Å². The van der Waals surface area contributed by atoms with Crippen molar-refractivity contribution >= 4 is 22.2 Å². The molecule has 2 saturated heterocycles. The first kappa shape index (κ1) is 23.2. The van der Waals surface area contributed by atoms with E-state index in [4.69, 9.17) is 4.98 Å². The zero-order chi connectivity index (χ0) is 23.7. The summed E-state index contributed by atoms with van der Waals surface area (Å²) >= 11 is 1.50. The number of piperazine rings is 1. The highest BCUT2D eigenvalue weighted by Crippen LogP contribution is 2.24. The van der Waals surface area contributed by atoms with Gasteiger partial charge in [0.1, 0.15) is 0 Å². The third-order valence-corrected chi connectivity index (χ3v) is 7.78. The lowest BCUT2D eigenvalue weighted by Crippen LogP contribution is -2.51. The number of amides is 1. The second-order valence-corrected chi connectivity index (χ2v) is 10.8. The largest absolute Gasteiger partial charge is 0.341 e. The molecule has 2 fully saturated rings. The molecule has 0 bridgehead atoms. The van der Waals surface area contributed by atoms with Crippen molar-refractivity contribution in [1.29, 1.82) is 0 Å². The van der Waals surface area contributed by atoms with Crippen LogP contribution in [0.4, 0.5) is 0 Å². The van der Waals surface area contributed by atoms with Crippen molar-refractivity contribution in [1.82, 2.24) is 24.1 Å². The SMILES string of the molecule is CC1CC(C)CN(C(=O)CN2CCN(Cc3cc(=O)n4c(-c5ccccc5)csc4n3)CC2)C1. The van der Waals surface area contributed by atoms with Crippen molar-refractivity contribution < 1.29 is 4.79 Å². The maximum absolute atomic E-state index is 12.9. The maximum Gasteiger partial charge on any atom is 0.259 e. The monoisotopic (exact) mass is 479 g/mol. The summed E-state index contributed by atoms with van der Waals surface area (Å²) in [5, 5.41) is 2.00. The second-order valence-electron chi connectivity index (χ2n) is 9.99. The summed E-state index contributed by atoms with van der Waals surface area (Å²) in [4.78, 5) is 37.9. The molecule has 3 aromatic rings. The number of carbonyl (C=O) groups excluding carboxylic acids is 1. The van der Waals surface area contributed by atoms with Crippen molar-refractivity contribution in [2.45, 2.75) is 26.8 Å². The molecule has 0 spiro atoms. The summed E-state index contributed by atoms with van der Waals surface area (Å²) in [7, 11) is 0. The highest BCUT2D eigenvalue weighted by Gasteiger charge is 2.27. The second kappa shape index (κ2) is 9.98. The average Bonchev–Trinajstić information content (AvgIpc) is 3.25. The van der Waals surface area contributed by atoms with E-state index in [0.717, 1.165) is 61.2 Å². The number of hydrogen-bond acceptors (Lipinski definition) is 6. The molecular weight excluding hydrogens is 446 g/mol. The summed E-state index contributed by atoms with van der Waals surface area (Å²) in [6.07, 6.45) is 1.21. The van der Waals surface area contributed by atoms with Crippen molar-refractivity contribution in [2.24, 2.45) is 11.8 Å². The number of rotatable bonds is 5. The highest BCUT2D eigenvalue weighted by molar-refractivity contribution is 7.15. The molecule has 2 aromatic heterocycles. The molecule has 2 aliphatic rings. The van der Waals surface area contributed by atoms with Crippen LogP contribution in [-0.4, -0.2) is 75.8 Å². The van der Waals surface area contributed by atoms with Crippen LogP contribution < -0.4 is 5.56 Å². The minimum atomic E-state index is -0.0330. The van der Waals surface area contributed by atoms with Crippen LogP contribution in [0.1, 0.15) is 26.0 Å². The normalized spacial score (nSPS) is 22.4. The van der Waals surface area contributed by atoms with Crippen LogP contribution in [0.3, 0.4) is 0 Å². The van der Waals surface area contributed by atoms with Gasteiger partial charge in [-0.15, -0.1) is 11.3 Å². The Morgan fingerprint density at radius 2 is 1.71 bits per heavy atom. The zero-order valence-corrected chi connectivity index (χ0v) is 20.8. The van der Waals surface area contributed by atoms with Gasteiger partial charge in [0.25, 0.3) is 5.56 Å². The van der Waals surface area contributed by atoms with E-state index in [1.54, 1.807) is 10.5 Å². The molecule has 0 N–H and O–H groups in total. The molecule has 2 aliphatic heterocycles. The predicted octanol–water partition coefficient (Wildman–Crippen LogP) is 3.05. The summed E-state index contributed by atoms with van der Waals surface area (Å²) in [6.45, 7) is 10.9. The Morgan fingerprint density at radius 3 is 2.41 bits per heavy atom. The average molecular weight is 480 g/mol. The number of fused-ring (bicyclic) bond motifs is 1. The van der Waals surface area contributed by atoms with Crippen LogP contribution in [0.2, 0.25) is 0 Å². The van der Waals surface area contributed by atoms with Crippen molar-refractivity contribution in [3.63, 3.8) is 0 Å². The first-order chi connectivity index (χ1) is 16.5. The lowest BCUT2D eigenvalue weighted by atomic mass is 9.92. The number of thiazole rings is 1. The quantitative estimate of drug-likeness (QED) is 0.563. The van der Waals surface area contributed by atoms with Crippen LogP contribution in [0.5, 0.6) is 0 Å². The van der Waals surface area contributed by atoms with Gasteiger partial charge in [-0.1, -0.05) is 44.2 Å². The van der Waals surface area contributed by atoms with Gasteiger partial charge in [-0.25, -0.2) is 4.98 Å². The van der Waals surface area contributed by atoms with Crippen molar-refractivity contribution in [3.05, 3.63) is 57.8 Å². The lowest BCUT2D eigenvalue weighted by Gasteiger charge is -2.38. The molecule has 2 unspecified atom stereocenters. The molecule has 34 heavy (non-hydrogen) atoms. The summed E-state index contributed by atoms with van der Waals surface area (Å²) in [6, 6.07) is 11.6. The van der Waals surface area contributed by atoms with Gasteiger partial charge in [-0.2, -0.15) is 0 Å². The van der Waals surface area contributed by atoms with E-state index in [0.29, 0.717) is 24.9 Å². The number of carbonyl (C=O) groups is 1. The molecule has 0 radical (unpaired) electrons. The molecular formula is C26H33N5O2S. The van der Waals surface area contributed by atoms with Crippen LogP contribution in [0.25, 0.3) is 16.2 Å². The number of aromatic nitrogens is 2. The number of benzene rings is 1. The van der Waals surface area contributed by atoms with E-state index in [9.17, 15) is 9.59 Å². The molecule has 180 valence electrons. The van der Waals surface area contributed by atoms with E-state index in [2.05, 4.69) is 28.5 Å². The molecule has 0 aliphatic carbocycles.